The fourth-order valence-electron chi connectivity index (χ4n) is 1.49. The molecule has 18 heavy (non-hydrogen) atoms. The van der Waals surface area contributed by atoms with Crippen molar-refractivity contribution in [3.8, 4) is 0 Å². The van der Waals surface area contributed by atoms with Crippen molar-refractivity contribution in [2.24, 2.45) is 5.92 Å². The number of hydrogen-bond donors (Lipinski definition) is 2. The molecular weight excluding hydrogens is 226 g/mol. The Bertz CT molecular complexity index is 329. The van der Waals surface area contributed by atoms with Crippen LogP contribution >= 0.6 is 0 Å². The maximum Gasteiger partial charge on any atom is 0.128 e. The van der Waals surface area contributed by atoms with Crippen molar-refractivity contribution < 1.29 is 4.74 Å². The molecule has 0 spiro atoms. The maximum absolute atomic E-state index is 5.54. The Kier molecular flexibility index (Phi) is 7.18. The predicted molar refractivity (Wildman–Crippen MR) is 77.2 cm³/mol. The van der Waals surface area contributed by atoms with Gasteiger partial charge in [0.1, 0.15) is 11.6 Å². The molecule has 1 aromatic rings. The molecule has 0 radical (unpaired) electrons. The largest absolute Gasteiger partial charge is 0.380 e. The normalized spacial score (nSPS) is 10.7. The van der Waals surface area contributed by atoms with E-state index < -0.39 is 0 Å². The van der Waals surface area contributed by atoms with Gasteiger partial charge < -0.3 is 15.4 Å². The van der Waals surface area contributed by atoms with Crippen molar-refractivity contribution in [1.82, 2.24) is 4.98 Å². The lowest BCUT2D eigenvalue weighted by atomic mass is 10.1. The first kappa shape index (κ1) is 14.8. The zero-order valence-corrected chi connectivity index (χ0v) is 11.7. The van der Waals surface area contributed by atoms with E-state index in [0.29, 0.717) is 5.92 Å². The van der Waals surface area contributed by atoms with Crippen molar-refractivity contribution >= 4 is 11.6 Å². The van der Waals surface area contributed by atoms with Gasteiger partial charge >= 0.3 is 0 Å². The van der Waals surface area contributed by atoms with Crippen LogP contribution in [0.3, 0.4) is 0 Å². The second kappa shape index (κ2) is 8.75. The second-order valence-electron chi connectivity index (χ2n) is 4.66. The average molecular weight is 251 g/mol. The number of hydrogen-bond acceptors (Lipinski definition) is 4. The van der Waals surface area contributed by atoms with E-state index >= 15 is 0 Å². The number of pyridine rings is 1. The third-order valence-electron chi connectivity index (χ3n) is 2.50. The molecule has 4 nitrogen and oxygen atoms in total. The second-order valence-corrected chi connectivity index (χ2v) is 4.66. The highest BCUT2D eigenvalue weighted by Crippen LogP contribution is 2.08. The number of rotatable bonds is 9. The molecule has 1 heterocycles. The molecule has 0 unspecified atom stereocenters. The lowest BCUT2D eigenvalue weighted by Gasteiger charge is -2.09. The Morgan fingerprint density at radius 3 is 2.56 bits per heavy atom. The van der Waals surface area contributed by atoms with Gasteiger partial charge in [-0.25, -0.2) is 4.98 Å². The predicted octanol–water partition coefficient (Wildman–Crippen LogP) is 2.99. The lowest BCUT2D eigenvalue weighted by Crippen LogP contribution is -2.12. The SMILES string of the molecule is CCNc1cccc(NCCOCCC(C)C)n1. The zero-order chi connectivity index (χ0) is 13.2. The highest BCUT2D eigenvalue weighted by Gasteiger charge is 1.97. The Hall–Kier alpha value is -1.29. The Balaban J connectivity index is 2.16. The Labute approximate surface area is 110 Å². The minimum absolute atomic E-state index is 0.705. The van der Waals surface area contributed by atoms with E-state index in [2.05, 4.69) is 36.4 Å². The van der Waals surface area contributed by atoms with Crippen LogP contribution < -0.4 is 10.6 Å². The van der Waals surface area contributed by atoms with Gasteiger partial charge in [0.15, 0.2) is 0 Å². The van der Waals surface area contributed by atoms with Gasteiger partial charge in [-0.3, -0.25) is 0 Å². The first-order valence-corrected chi connectivity index (χ1v) is 6.75. The summed E-state index contributed by atoms with van der Waals surface area (Å²) in [5.74, 6) is 2.50. The van der Waals surface area contributed by atoms with Crippen molar-refractivity contribution in [2.45, 2.75) is 27.2 Å². The molecule has 4 heteroatoms. The molecule has 0 saturated carbocycles. The highest BCUT2D eigenvalue weighted by molar-refractivity contribution is 5.44. The van der Waals surface area contributed by atoms with Crippen LogP contribution in [-0.2, 0) is 4.74 Å². The van der Waals surface area contributed by atoms with E-state index in [1.165, 1.54) is 0 Å². The molecular formula is C14H25N3O. The van der Waals surface area contributed by atoms with Crippen LogP contribution in [0, 0.1) is 5.92 Å². The molecule has 0 atom stereocenters. The van der Waals surface area contributed by atoms with Gasteiger partial charge in [-0.15, -0.1) is 0 Å². The van der Waals surface area contributed by atoms with Gasteiger partial charge in [-0.2, -0.15) is 0 Å². The molecule has 0 amide bonds. The summed E-state index contributed by atoms with van der Waals surface area (Å²) in [5.41, 5.74) is 0. The van der Waals surface area contributed by atoms with Crippen molar-refractivity contribution in [1.29, 1.82) is 0 Å². The van der Waals surface area contributed by atoms with Gasteiger partial charge in [0.2, 0.25) is 0 Å². The van der Waals surface area contributed by atoms with Gasteiger partial charge in [-0.1, -0.05) is 19.9 Å². The van der Waals surface area contributed by atoms with Crippen LogP contribution in [0.4, 0.5) is 11.6 Å². The van der Waals surface area contributed by atoms with E-state index in [9.17, 15) is 0 Å². The van der Waals surface area contributed by atoms with Crippen LogP contribution in [0.25, 0.3) is 0 Å². The number of aromatic nitrogens is 1. The van der Waals surface area contributed by atoms with Gasteiger partial charge in [0, 0.05) is 19.7 Å². The Morgan fingerprint density at radius 1 is 1.17 bits per heavy atom. The third kappa shape index (κ3) is 6.45. The third-order valence-corrected chi connectivity index (χ3v) is 2.50. The van der Waals surface area contributed by atoms with Gasteiger partial charge in [0.05, 0.1) is 6.61 Å². The molecule has 102 valence electrons. The molecule has 0 aromatic carbocycles. The van der Waals surface area contributed by atoms with E-state index in [4.69, 9.17) is 4.74 Å². The molecule has 0 bridgehead atoms. The molecule has 1 rings (SSSR count). The van der Waals surface area contributed by atoms with Crippen molar-refractivity contribution in [3.05, 3.63) is 18.2 Å². The summed E-state index contributed by atoms with van der Waals surface area (Å²) in [6.45, 7) is 9.71. The topological polar surface area (TPSA) is 46.2 Å². The molecule has 2 N–H and O–H groups in total. The smallest absolute Gasteiger partial charge is 0.128 e. The summed E-state index contributed by atoms with van der Waals surface area (Å²) in [4.78, 5) is 4.43. The minimum atomic E-state index is 0.705. The summed E-state index contributed by atoms with van der Waals surface area (Å²) in [5, 5.41) is 6.44. The van der Waals surface area contributed by atoms with Crippen LogP contribution in [-0.4, -0.2) is 31.3 Å². The van der Waals surface area contributed by atoms with E-state index in [1.54, 1.807) is 0 Å². The number of ether oxygens (including phenoxy) is 1. The lowest BCUT2D eigenvalue weighted by molar-refractivity contribution is 0.132. The quantitative estimate of drug-likeness (QED) is 0.662. The van der Waals surface area contributed by atoms with Crippen LogP contribution in [0.2, 0.25) is 0 Å². The molecule has 0 saturated heterocycles. The number of nitrogens with zero attached hydrogens (tertiary/aromatic N) is 1. The molecule has 0 aliphatic heterocycles. The summed E-state index contributed by atoms with van der Waals surface area (Å²) in [7, 11) is 0. The van der Waals surface area contributed by atoms with Crippen LogP contribution in [0.5, 0.6) is 0 Å². The summed E-state index contributed by atoms with van der Waals surface area (Å²) >= 11 is 0. The molecule has 1 aromatic heterocycles. The van der Waals surface area contributed by atoms with Crippen LogP contribution in [0.1, 0.15) is 27.2 Å². The monoisotopic (exact) mass is 251 g/mol. The van der Waals surface area contributed by atoms with E-state index in [0.717, 1.165) is 44.4 Å². The van der Waals surface area contributed by atoms with Crippen molar-refractivity contribution in [3.63, 3.8) is 0 Å². The fraction of sp³-hybridized carbons (Fsp3) is 0.643. The summed E-state index contributed by atoms with van der Waals surface area (Å²) in [6.07, 6.45) is 1.12. The first-order valence-electron chi connectivity index (χ1n) is 6.75. The molecule has 0 aliphatic rings. The van der Waals surface area contributed by atoms with E-state index in [1.807, 2.05) is 18.2 Å². The van der Waals surface area contributed by atoms with E-state index in [-0.39, 0.29) is 0 Å². The summed E-state index contributed by atoms with van der Waals surface area (Å²) < 4.78 is 5.54. The standard InChI is InChI=1S/C14H25N3O/c1-4-15-13-6-5-7-14(17-13)16-9-11-18-10-8-12(2)3/h5-7,12H,4,8-11H2,1-3H3,(H2,15,16,17). The van der Waals surface area contributed by atoms with Gasteiger partial charge in [-0.05, 0) is 31.4 Å². The fourth-order valence-corrected chi connectivity index (χ4v) is 1.49. The summed E-state index contributed by atoms with van der Waals surface area (Å²) in [6, 6.07) is 5.93. The maximum atomic E-state index is 5.54. The molecule has 0 aliphatic carbocycles. The number of anilines is 2. The zero-order valence-electron chi connectivity index (χ0n) is 11.7. The Morgan fingerprint density at radius 2 is 1.89 bits per heavy atom. The van der Waals surface area contributed by atoms with Gasteiger partial charge in [0.25, 0.3) is 0 Å². The minimum Gasteiger partial charge on any atom is -0.380 e. The molecule has 0 fully saturated rings. The van der Waals surface area contributed by atoms with Crippen LogP contribution in [0.15, 0.2) is 18.2 Å². The number of nitrogens with one attached hydrogen (secondary N) is 2. The van der Waals surface area contributed by atoms with Crippen molar-refractivity contribution in [2.75, 3.05) is 36.9 Å². The average Bonchev–Trinajstić information content (AvgIpc) is 2.34. The highest BCUT2D eigenvalue weighted by atomic mass is 16.5. The first-order chi connectivity index (χ1) is 8.72.